The predicted octanol–water partition coefficient (Wildman–Crippen LogP) is 20.3. The quantitative estimate of drug-likeness (QED) is 0.0261. The summed E-state index contributed by atoms with van der Waals surface area (Å²) in [5, 5.41) is 0. The van der Waals surface area contributed by atoms with Crippen molar-refractivity contribution in [3.05, 3.63) is 109 Å². The van der Waals surface area contributed by atoms with Gasteiger partial charge in [-0.25, -0.2) is 0 Å². The van der Waals surface area contributed by atoms with Crippen LogP contribution in [0.1, 0.15) is 271 Å². The van der Waals surface area contributed by atoms with Gasteiger partial charge >= 0.3 is 17.9 Å². The number of hydrogen-bond donors (Lipinski definition) is 0. The fourth-order valence-corrected chi connectivity index (χ4v) is 8.07. The van der Waals surface area contributed by atoms with E-state index in [-0.39, 0.29) is 31.1 Å². The van der Waals surface area contributed by atoms with Gasteiger partial charge in [0.1, 0.15) is 13.2 Å². The van der Waals surface area contributed by atoms with Crippen LogP contribution in [-0.4, -0.2) is 37.2 Å². The number of esters is 3. The van der Waals surface area contributed by atoms with Crippen molar-refractivity contribution in [2.45, 2.75) is 277 Å². The average molecular weight is 1000 g/mol. The van der Waals surface area contributed by atoms with Gasteiger partial charge in [-0.2, -0.15) is 0 Å². The van der Waals surface area contributed by atoms with Crippen LogP contribution >= 0.6 is 0 Å². The van der Waals surface area contributed by atoms with E-state index in [1.54, 1.807) is 0 Å². The van der Waals surface area contributed by atoms with Crippen molar-refractivity contribution < 1.29 is 28.6 Å². The Balaban J connectivity index is 4.38. The van der Waals surface area contributed by atoms with Crippen LogP contribution in [0.2, 0.25) is 0 Å². The van der Waals surface area contributed by atoms with Crippen molar-refractivity contribution in [1.82, 2.24) is 0 Å². The number of unbranched alkanes of at least 4 members (excludes halogenated alkanes) is 24. The number of hydrogen-bond acceptors (Lipinski definition) is 6. The molecule has 410 valence electrons. The van der Waals surface area contributed by atoms with E-state index in [1.165, 1.54) is 109 Å². The molecule has 0 saturated heterocycles. The SMILES string of the molecule is CC/C=C\C/C=C\C/C=C\C/C=C\CCCCCCCCCCCCC(=O)OCC(COC(=O)CCCCC/C=C\C/C=C\C/C=C\CC)OC(=O)CCCCCCCCC/C=C\C/C=C\CCCCCC. The third-order valence-corrected chi connectivity index (χ3v) is 12.5. The molecule has 0 aliphatic carbocycles. The number of ether oxygens (including phenoxy) is 3. The van der Waals surface area contributed by atoms with Crippen LogP contribution in [0.5, 0.6) is 0 Å². The van der Waals surface area contributed by atoms with Gasteiger partial charge in [0.05, 0.1) is 0 Å². The zero-order chi connectivity index (χ0) is 52.2. The van der Waals surface area contributed by atoms with E-state index < -0.39 is 6.10 Å². The topological polar surface area (TPSA) is 78.9 Å². The second kappa shape index (κ2) is 59.6. The van der Waals surface area contributed by atoms with Gasteiger partial charge in [0.2, 0.25) is 0 Å². The third kappa shape index (κ3) is 57.0. The summed E-state index contributed by atoms with van der Waals surface area (Å²) < 4.78 is 16.9. The minimum Gasteiger partial charge on any atom is -0.462 e. The molecule has 0 rings (SSSR count). The van der Waals surface area contributed by atoms with Crippen molar-refractivity contribution in [2.75, 3.05) is 13.2 Å². The summed E-state index contributed by atoms with van der Waals surface area (Å²) in [4.78, 5) is 38.2. The fraction of sp³-hybridized carbons (Fsp3) is 0.682. The van der Waals surface area contributed by atoms with E-state index in [0.717, 1.165) is 122 Å². The Morgan fingerprint density at radius 1 is 0.292 bits per heavy atom. The molecule has 6 heteroatoms. The Kier molecular flexibility index (Phi) is 56.4. The van der Waals surface area contributed by atoms with Crippen LogP contribution in [0.3, 0.4) is 0 Å². The van der Waals surface area contributed by atoms with Crippen LogP contribution in [0, 0.1) is 0 Å². The molecule has 0 aliphatic heterocycles. The Morgan fingerprint density at radius 2 is 0.542 bits per heavy atom. The van der Waals surface area contributed by atoms with Crippen LogP contribution < -0.4 is 0 Å². The molecule has 0 heterocycles. The molecule has 0 bridgehead atoms. The lowest BCUT2D eigenvalue weighted by Gasteiger charge is -2.18. The van der Waals surface area contributed by atoms with Gasteiger partial charge in [-0.15, -0.1) is 0 Å². The molecule has 0 saturated carbocycles. The third-order valence-electron chi connectivity index (χ3n) is 12.5. The van der Waals surface area contributed by atoms with E-state index in [1.807, 2.05) is 0 Å². The highest BCUT2D eigenvalue weighted by Crippen LogP contribution is 2.15. The van der Waals surface area contributed by atoms with Gasteiger partial charge in [-0.1, -0.05) is 239 Å². The molecule has 0 aliphatic rings. The molecule has 1 atom stereocenters. The lowest BCUT2D eigenvalue weighted by atomic mass is 10.1. The Bertz CT molecular complexity index is 1470. The molecule has 0 aromatic rings. The Labute approximate surface area is 444 Å². The highest BCUT2D eigenvalue weighted by Gasteiger charge is 2.19. The largest absolute Gasteiger partial charge is 0.462 e. The summed E-state index contributed by atoms with van der Waals surface area (Å²) in [7, 11) is 0. The van der Waals surface area contributed by atoms with Gasteiger partial charge in [-0.3, -0.25) is 14.4 Å². The lowest BCUT2D eigenvalue weighted by Crippen LogP contribution is -2.30. The molecule has 1 unspecified atom stereocenters. The minimum absolute atomic E-state index is 0.0940. The Morgan fingerprint density at radius 3 is 0.861 bits per heavy atom. The van der Waals surface area contributed by atoms with E-state index >= 15 is 0 Å². The van der Waals surface area contributed by atoms with Crippen molar-refractivity contribution >= 4 is 17.9 Å². The van der Waals surface area contributed by atoms with E-state index in [9.17, 15) is 14.4 Å². The highest BCUT2D eigenvalue weighted by molar-refractivity contribution is 5.71. The number of allylic oxidation sites excluding steroid dienone is 18. The normalized spacial score (nSPS) is 12.9. The monoisotopic (exact) mass is 999 g/mol. The van der Waals surface area contributed by atoms with Crippen molar-refractivity contribution in [3.63, 3.8) is 0 Å². The van der Waals surface area contributed by atoms with Crippen LogP contribution in [-0.2, 0) is 28.6 Å². The summed E-state index contributed by atoms with van der Waals surface area (Å²) in [5.41, 5.74) is 0. The van der Waals surface area contributed by atoms with Gasteiger partial charge in [0, 0.05) is 19.3 Å². The first-order chi connectivity index (χ1) is 35.5. The van der Waals surface area contributed by atoms with Gasteiger partial charge in [0.15, 0.2) is 6.10 Å². The molecule has 0 aromatic carbocycles. The molecule has 0 fully saturated rings. The van der Waals surface area contributed by atoms with Crippen molar-refractivity contribution in [3.8, 4) is 0 Å². The average Bonchev–Trinajstić information content (AvgIpc) is 3.38. The number of rotatable bonds is 53. The maximum absolute atomic E-state index is 12.9. The van der Waals surface area contributed by atoms with Crippen LogP contribution in [0.15, 0.2) is 109 Å². The maximum atomic E-state index is 12.9. The zero-order valence-electron chi connectivity index (χ0n) is 46.9. The summed E-state index contributed by atoms with van der Waals surface area (Å²) in [6.45, 7) is 6.37. The predicted molar refractivity (Wildman–Crippen MR) is 311 cm³/mol. The van der Waals surface area contributed by atoms with E-state index in [2.05, 4.69) is 130 Å². The Hall–Kier alpha value is -3.93. The van der Waals surface area contributed by atoms with Crippen LogP contribution in [0.4, 0.5) is 0 Å². The molecule has 6 nitrogen and oxygen atoms in total. The first-order valence-electron chi connectivity index (χ1n) is 29.9. The molecular formula is C66H110O6. The summed E-state index contributed by atoms with van der Waals surface area (Å²) >= 11 is 0. The zero-order valence-corrected chi connectivity index (χ0v) is 46.9. The van der Waals surface area contributed by atoms with E-state index in [0.29, 0.717) is 19.3 Å². The first-order valence-corrected chi connectivity index (χ1v) is 29.9. The molecule has 0 radical (unpaired) electrons. The van der Waals surface area contributed by atoms with Gasteiger partial charge in [0.25, 0.3) is 0 Å². The van der Waals surface area contributed by atoms with Crippen molar-refractivity contribution in [1.29, 1.82) is 0 Å². The molecule has 0 N–H and O–H groups in total. The summed E-state index contributed by atoms with van der Waals surface area (Å²) in [6.07, 6.45) is 80.8. The maximum Gasteiger partial charge on any atom is 0.306 e. The van der Waals surface area contributed by atoms with Crippen LogP contribution in [0.25, 0.3) is 0 Å². The van der Waals surface area contributed by atoms with Gasteiger partial charge < -0.3 is 14.2 Å². The molecular weight excluding hydrogens is 889 g/mol. The molecule has 72 heavy (non-hydrogen) atoms. The first kappa shape index (κ1) is 68.1. The standard InChI is InChI=1S/C66H110O6/c1-4-7-10-13-16-19-22-25-27-29-31-32-33-34-35-37-38-41-44-47-50-53-56-59-65(68)71-62-63(61-70-64(67)58-55-52-49-46-43-40-24-21-18-15-12-9-6-3)72-66(69)60-57-54-51-48-45-42-39-36-30-28-26-23-20-17-14-11-8-5-2/h7,9-10,12,16,18-21,23,25,27-28,30-32,40,43,63H,4-6,8,11,13-15,17,22,24,26,29,33-39,41-42,44-62H2,1-3H3/b10-7-,12-9-,19-16-,21-18-,23-20-,27-25-,30-28-,32-31-,43-40-. The fourth-order valence-electron chi connectivity index (χ4n) is 8.07. The minimum atomic E-state index is -0.798. The number of carbonyl (C=O) groups is 3. The smallest absolute Gasteiger partial charge is 0.306 e. The molecule has 0 spiro atoms. The second-order valence-corrected chi connectivity index (χ2v) is 19.5. The number of carbonyl (C=O) groups excluding carboxylic acids is 3. The van der Waals surface area contributed by atoms with E-state index in [4.69, 9.17) is 14.2 Å². The second-order valence-electron chi connectivity index (χ2n) is 19.5. The molecule has 0 aromatic heterocycles. The van der Waals surface area contributed by atoms with Crippen molar-refractivity contribution in [2.24, 2.45) is 0 Å². The lowest BCUT2D eigenvalue weighted by molar-refractivity contribution is -0.167. The molecule has 0 amide bonds. The highest BCUT2D eigenvalue weighted by atomic mass is 16.6. The van der Waals surface area contributed by atoms with Gasteiger partial charge in [-0.05, 0) is 122 Å². The summed E-state index contributed by atoms with van der Waals surface area (Å²) in [5.74, 6) is -0.933. The summed E-state index contributed by atoms with van der Waals surface area (Å²) in [6, 6.07) is 0.